The second kappa shape index (κ2) is 6.39. The second-order valence-corrected chi connectivity index (χ2v) is 5.77. The Morgan fingerprint density at radius 2 is 2.18 bits per heavy atom. The van der Waals surface area contributed by atoms with E-state index in [1.807, 2.05) is 0 Å². The van der Waals surface area contributed by atoms with Gasteiger partial charge in [0.25, 0.3) is 0 Å². The Labute approximate surface area is 105 Å². The summed E-state index contributed by atoms with van der Waals surface area (Å²) in [6, 6.07) is 0.423. The monoisotopic (exact) mass is 238 g/mol. The summed E-state index contributed by atoms with van der Waals surface area (Å²) in [6.07, 6.45) is 8.17. The molecule has 2 N–H and O–H groups in total. The van der Waals surface area contributed by atoms with Crippen LogP contribution in [0.15, 0.2) is 0 Å². The fraction of sp³-hybridized carbons (Fsp3) is 0.929. The predicted molar refractivity (Wildman–Crippen MR) is 69.8 cm³/mol. The maximum absolute atomic E-state index is 11.9. The quantitative estimate of drug-likeness (QED) is 0.744. The van der Waals surface area contributed by atoms with Crippen molar-refractivity contribution in [2.75, 3.05) is 13.1 Å². The van der Waals surface area contributed by atoms with E-state index in [1.54, 1.807) is 0 Å². The molecule has 0 radical (unpaired) electrons. The van der Waals surface area contributed by atoms with Crippen molar-refractivity contribution in [2.45, 2.75) is 57.9 Å². The molecule has 2 fully saturated rings. The number of hydrogen-bond donors (Lipinski definition) is 2. The van der Waals surface area contributed by atoms with Gasteiger partial charge in [0.05, 0.1) is 0 Å². The molecule has 1 aliphatic carbocycles. The number of rotatable bonds is 6. The number of carbonyl (C=O) groups excluding carboxylic acids is 1. The number of piperidine rings is 1. The first-order valence-electron chi connectivity index (χ1n) is 7.28. The molecule has 2 aliphatic rings. The van der Waals surface area contributed by atoms with Gasteiger partial charge in [0.2, 0.25) is 5.91 Å². The zero-order valence-electron chi connectivity index (χ0n) is 11.0. The van der Waals surface area contributed by atoms with Crippen LogP contribution in [-0.2, 0) is 4.79 Å². The predicted octanol–water partition coefficient (Wildman–Crippen LogP) is 2.07. The molecule has 0 spiro atoms. The molecule has 1 saturated carbocycles. The summed E-state index contributed by atoms with van der Waals surface area (Å²) >= 11 is 0. The first-order chi connectivity index (χ1) is 8.28. The van der Waals surface area contributed by atoms with E-state index in [0.717, 1.165) is 25.4 Å². The molecule has 0 aromatic rings. The summed E-state index contributed by atoms with van der Waals surface area (Å²) in [4.78, 5) is 11.9. The van der Waals surface area contributed by atoms with E-state index in [9.17, 15) is 4.79 Å². The molecule has 2 unspecified atom stereocenters. The second-order valence-electron chi connectivity index (χ2n) is 5.77. The number of amides is 1. The summed E-state index contributed by atoms with van der Waals surface area (Å²) < 4.78 is 0. The normalized spacial score (nSPS) is 26.5. The fourth-order valence-corrected chi connectivity index (χ4v) is 2.73. The van der Waals surface area contributed by atoms with Crippen molar-refractivity contribution in [3.05, 3.63) is 0 Å². The topological polar surface area (TPSA) is 41.1 Å². The van der Waals surface area contributed by atoms with E-state index >= 15 is 0 Å². The highest BCUT2D eigenvalue weighted by Crippen LogP contribution is 2.34. The molecule has 1 saturated heterocycles. The van der Waals surface area contributed by atoms with E-state index in [1.165, 1.54) is 32.1 Å². The number of hydrogen-bond acceptors (Lipinski definition) is 2. The van der Waals surface area contributed by atoms with Gasteiger partial charge in [0.1, 0.15) is 0 Å². The zero-order valence-corrected chi connectivity index (χ0v) is 11.0. The van der Waals surface area contributed by atoms with Crippen LogP contribution in [0.1, 0.15) is 51.9 Å². The third-order valence-electron chi connectivity index (χ3n) is 4.05. The molecule has 3 nitrogen and oxygen atoms in total. The average molecular weight is 238 g/mol. The lowest BCUT2D eigenvalue weighted by atomic mass is 9.95. The minimum absolute atomic E-state index is 0.270. The Morgan fingerprint density at radius 3 is 2.76 bits per heavy atom. The van der Waals surface area contributed by atoms with Gasteiger partial charge in [-0.1, -0.05) is 19.8 Å². The van der Waals surface area contributed by atoms with E-state index in [4.69, 9.17) is 0 Å². The minimum atomic E-state index is 0.270. The van der Waals surface area contributed by atoms with Crippen molar-refractivity contribution in [1.29, 1.82) is 0 Å². The van der Waals surface area contributed by atoms with Crippen molar-refractivity contribution < 1.29 is 4.79 Å². The van der Waals surface area contributed by atoms with E-state index in [-0.39, 0.29) is 5.91 Å². The smallest absolute Gasteiger partial charge is 0.220 e. The largest absolute Gasteiger partial charge is 0.353 e. The van der Waals surface area contributed by atoms with Gasteiger partial charge in [-0.05, 0) is 50.6 Å². The average Bonchev–Trinajstić information content (AvgIpc) is 3.13. The standard InChI is InChI=1S/C14H26N2O/c1-2-13(8-11-5-6-11)16-14(17)9-12-4-3-7-15-10-12/h11-13,15H,2-10H2,1H3,(H,16,17). The van der Waals surface area contributed by atoms with Crippen LogP contribution in [0.25, 0.3) is 0 Å². The van der Waals surface area contributed by atoms with Gasteiger partial charge in [-0.25, -0.2) is 0 Å². The van der Waals surface area contributed by atoms with Gasteiger partial charge in [0.15, 0.2) is 0 Å². The van der Waals surface area contributed by atoms with Gasteiger partial charge >= 0.3 is 0 Å². The van der Waals surface area contributed by atoms with Crippen molar-refractivity contribution >= 4 is 5.91 Å². The van der Waals surface area contributed by atoms with E-state index < -0.39 is 0 Å². The molecule has 0 aromatic carbocycles. The molecular weight excluding hydrogens is 212 g/mol. The first kappa shape index (κ1) is 12.9. The first-order valence-corrected chi connectivity index (χ1v) is 7.28. The number of carbonyl (C=O) groups is 1. The van der Waals surface area contributed by atoms with Gasteiger partial charge in [-0.15, -0.1) is 0 Å². The number of nitrogens with one attached hydrogen (secondary N) is 2. The highest BCUT2D eigenvalue weighted by atomic mass is 16.1. The summed E-state index contributed by atoms with van der Waals surface area (Å²) in [5.74, 6) is 1.73. The lowest BCUT2D eigenvalue weighted by Crippen LogP contribution is -2.38. The van der Waals surface area contributed by atoms with Crippen LogP contribution < -0.4 is 10.6 Å². The summed E-state index contributed by atoms with van der Waals surface area (Å²) in [6.45, 7) is 4.32. The van der Waals surface area contributed by atoms with E-state index in [0.29, 0.717) is 18.4 Å². The summed E-state index contributed by atoms with van der Waals surface area (Å²) in [7, 11) is 0. The lowest BCUT2D eigenvalue weighted by Gasteiger charge is -2.23. The Balaban J connectivity index is 1.66. The third-order valence-corrected chi connectivity index (χ3v) is 4.05. The molecule has 0 aromatic heterocycles. The van der Waals surface area contributed by atoms with Crippen LogP contribution in [0.4, 0.5) is 0 Å². The Kier molecular flexibility index (Phi) is 4.84. The van der Waals surface area contributed by atoms with Crippen LogP contribution in [0.3, 0.4) is 0 Å². The van der Waals surface area contributed by atoms with Crippen LogP contribution in [0.2, 0.25) is 0 Å². The van der Waals surface area contributed by atoms with Crippen molar-refractivity contribution in [3.63, 3.8) is 0 Å². The van der Waals surface area contributed by atoms with Crippen molar-refractivity contribution in [2.24, 2.45) is 11.8 Å². The Hall–Kier alpha value is -0.570. The van der Waals surface area contributed by atoms with Gasteiger partial charge in [-0.3, -0.25) is 4.79 Å². The molecular formula is C14H26N2O. The van der Waals surface area contributed by atoms with Gasteiger partial charge in [0, 0.05) is 12.5 Å². The van der Waals surface area contributed by atoms with Crippen molar-refractivity contribution in [1.82, 2.24) is 10.6 Å². The van der Waals surface area contributed by atoms with Crippen LogP contribution in [0.5, 0.6) is 0 Å². The summed E-state index contributed by atoms with van der Waals surface area (Å²) in [5.41, 5.74) is 0. The molecule has 2 rings (SSSR count). The fourth-order valence-electron chi connectivity index (χ4n) is 2.73. The molecule has 1 heterocycles. The van der Waals surface area contributed by atoms with Crippen LogP contribution in [0, 0.1) is 11.8 Å². The van der Waals surface area contributed by atoms with Crippen LogP contribution in [-0.4, -0.2) is 25.0 Å². The highest BCUT2D eigenvalue weighted by Gasteiger charge is 2.26. The maximum atomic E-state index is 11.9. The summed E-state index contributed by atoms with van der Waals surface area (Å²) in [5, 5.41) is 6.59. The lowest BCUT2D eigenvalue weighted by molar-refractivity contribution is -0.122. The Morgan fingerprint density at radius 1 is 1.35 bits per heavy atom. The molecule has 0 bridgehead atoms. The molecule has 2 atom stereocenters. The third kappa shape index (κ3) is 4.66. The maximum Gasteiger partial charge on any atom is 0.220 e. The molecule has 1 amide bonds. The Bertz CT molecular complexity index is 245. The SMILES string of the molecule is CCC(CC1CC1)NC(=O)CC1CCCNC1. The van der Waals surface area contributed by atoms with Crippen LogP contribution >= 0.6 is 0 Å². The van der Waals surface area contributed by atoms with Crippen molar-refractivity contribution in [3.8, 4) is 0 Å². The van der Waals surface area contributed by atoms with E-state index in [2.05, 4.69) is 17.6 Å². The van der Waals surface area contributed by atoms with Gasteiger partial charge < -0.3 is 10.6 Å². The molecule has 3 heteroatoms. The molecule has 98 valence electrons. The van der Waals surface area contributed by atoms with Gasteiger partial charge in [-0.2, -0.15) is 0 Å². The minimum Gasteiger partial charge on any atom is -0.353 e. The zero-order chi connectivity index (χ0) is 12.1. The molecule has 1 aliphatic heterocycles. The molecule has 17 heavy (non-hydrogen) atoms. The highest BCUT2D eigenvalue weighted by molar-refractivity contribution is 5.76.